The Morgan fingerprint density at radius 3 is 2.45 bits per heavy atom. The number of hydrogen-bond acceptors (Lipinski definition) is 5. The van der Waals surface area contributed by atoms with Gasteiger partial charge in [0.15, 0.2) is 0 Å². The van der Waals surface area contributed by atoms with Gasteiger partial charge in [0.25, 0.3) is 5.91 Å². The molecule has 1 saturated heterocycles. The van der Waals surface area contributed by atoms with Crippen LogP contribution in [0.5, 0.6) is 5.75 Å². The van der Waals surface area contributed by atoms with E-state index in [1.807, 2.05) is 48.5 Å². The van der Waals surface area contributed by atoms with Crippen molar-refractivity contribution in [3.63, 3.8) is 0 Å². The van der Waals surface area contributed by atoms with Crippen LogP contribution in [0.1, 0.15) is 22.2 Å². The van der Waals surface area contributed by atoms with Gasteiger partial charge in [0, 0.05) is 42.0 Å². The number of methoxy groups -OCH3 is 1. The third kappa shape index (κ3) is 5.22. The number of ether oxygens (including phenoxy) is 1. The van der Waals surface area contributed by atoms with Crippen LogP contribution in [0.15, 0.2) is 71.3 Å². The second-order valence-electron chi connectivity index (χ2n) is 7.44. The summed E-state index contributed by atoms with van der Waals surface area (Å²) in [6.07, 6.45) is 1.69. The smallest absolute Gasteiger partial charge is 0.252 e. The third-order valence-corrected chi connectivity index (χ3v) is 6.58. The highest BCUT2D eigenvalue weighted by atomic mass is 127. The van der Waals surface area contributed by atoms with E-state index in [9.17, 15) is 4.79 Å². The summed E-state index contributed by atoms with van der Waals surface area (Å²) < 4.78 is 11.9. The number of rotatable bonds is 7. The molecule has 0 radical (unpaired) electrons. The number of furan rings is 1. The summed E-state index contributed by atoms with van der Waals surface area (Å²) in [5.41, 5.74) is 1.90. The van der Waals surface area contributed by atoms with Crippen molar-refractivity contribution in [2.45, 2.75) is 6.04 Å². The van der Waals surface area contributed by atoms with Crippen LogP contribution in [0.4, 0.5) is 5.69 Å². The molecular formula is C24H26IN3O3. The molecule has 0 spiro atoms. The van der Waals surface area contributed by atoms with E-state index in [0.29, 0.717) is 12.1 Å². The zero-order valence-corrected chi connectivity index (χ0v) is 19.6. The number of nitrogens with zero attached hydrogens (tertiary/aromatic N) is 2. The molecule has 3 aromatic rings. The van der Waals surface area contributed by atoms with Crippen LogP contribution < -0.4 is 15.0 Å². The van der Waals surface area contributed by atoms with Crippen molar-refractivity contribution < 1.29 is 13.9 Å². The van der Waals surface area contributed by atoms with Crippen molar-refractivity contribution in [2.75, 3.05) is 44.7 Å². The van der Waals surface area contributed by atoms with Crippen LogP contribution in [-0.4, -0.2) is 50.6 Å². The minimum absolute atomic E-state index is 0.00154. The van der Waals surface area contributed by atoms with E-state index in [1.165, 1.54) is 5.69 Å². The number of hydrogen-bond donors (Lipinski definition) is 1. The van der Waals surface area contributed by atoms with E-state index in [1.54, 1.807) is 13.4 Å². The molecule has 0 saturated carbocycles. The molecule has 4 rings (SSSR count). The predicted molar refractivity (Wildman–Crippen MR) is 130 cm³/mol. The van der Waals surface area contributed by atoms with Gasteiger partial charge in [-0.3, -0.25) is 9.69 Å². The first-order valence-corrected chi connectivity index (χ1v) is 11.4. The van der Waals surface area contributed by atoms with Gasteiger partial charge in [0.1, 0.15) is 11.5 Å². The molecule has 2 heterocycles. The number of carbonyl (C=O) groups is 1. The molecule has 1 aliphatic heterocycles. The fourth-order valence-electron chi connectivity index (χ4n) is 3.91. The highest BCUT2D eigenvalue weighted by Gasteiger charge is 2.27. The average molecular weight is 531 g/mol. The van der Waals surface area contributed by atoms with Gasteiger partial charge in [0.2, 0.25) is 0 Å². The Hall–Kier alpha value is -2.52. The lowest BCUT2D eigenvalue weighted by Gasteiger charge is -2.39. The molecule has 6 nitrogen and oxygen atoms in total. The quantitative estimate of drug-likeness (QED) is 0.464. The van der Waals surface area contributed by atoms with Crippen LogP contribution >= 0.6 is 22.6 Å². The molecular weight excluding hydrogens is 505 g/mol. The van der Waals surface area contributed by atoms with Crippen molar-refractivity contribution in [1.82, 2.24) is 10.2 Å². The summed E-state index contributed by atoms with van der Waals surface area (Å²) in [6, 6.07) is 19.7. The van der Waals surface area contributed by atoms with Crippen molar-refractivity contribution in [1.29, 1.82) is 0 Å². The first kappa shape index (κ1) is 21.7. The molecule has 1 amide bonds. The van der Waals surface area contributed by atoms with E-state index in [2.05, 4.69) is 49.8 Å². The molecule has 1 aliphatic rings. The Labute approximate surface area is 196 Å². The number of amides is 1. The lowest BCUT2D eigenvalue weighted by molar-refractivity contribution is 0.0922. The largest absolute Gasteiger partial charge is 0.497 e. The third-order valence-electron chi connectivity index (χ3n) is 5.64. The Balaban J connectivity index is 1.40. The first-order chi connectivity index (χ1) is 15.2. The fraction of sp³-hybridized carbons (Fsp3) is 0.292. The number of anilines is 1. The molecule has 1 unspecified atom stereocenters. The second-order valence-corrected chi connectivity index (χ2v) is 8.60. The lowest BCUT2D eigenvalue weighted by atomic mass is 10.1. The molecule has 31 heavy (non-hydrogen) atoms. The number of nitrogens with one attached hydrogen (secondary N) is 1. The minimum atomic E-state index is -0.0570. The first-order valence-electron chi connectivity index (χ1n) is 10.3. The topological polar surface area (TPSA) is 58.0 Å². The van der Waals surface area contributed by atoms with E-state index in [0.717, 1.165) is 41.3 Å². The number of carbonyl (C=O) groups excluding carboxylic acids is 1. The summed E-state index contributed by atoms with van der Waals surface area (Å²) in [5, 5.41) is 3.11. The molecule has 1 N–H and O–H groups in total. The van der Waals surface area contributed by atoms with Crippen molar-refractivity contribution >= 4 is 34.2 Å². The SMILES string of the molecule is COc1ccc(N2CCN(C(CNC(=O)c3ccccc3I)c3ccco3)CC2)cc1. The molecule has 7 heteroatoms. The van der Waals surface area contributed by atoms with E-state index < -0.39 is 0 Å². The zero-order chi connectivity index (χ0) is 21.6. The Morgan fingerprint density at radius 2 is 1.81 bits per heavy atom. The molecule has 1 aromatic heterocycles. The monoisotopic (exact) mass is 531 g/mol. The lowest BCUT2D eigenvalue weighted by Crippen LogP contribution is -2.49. The summed E-state index contributed by atoms with van der Waals surface area (Å²) in [4.78, 5) is 17.5. The van der Waals surface area contributed by atoms with Crippen LogP contribution in [0.3, 0.4) is 0 Å². The molecule has 0 aliphatic carbocycles. The summed E-state index contributed by atoms with van der Waals surface area (Å²) in [7, 11) is 1.68. The number of piperazine rings is 1. The van der Waals surface area contributed by atoms with Crippen molar-refractivity contribution in [2.24, 2.45) is 0 Å². The van der Waals surface area contributed by atoms with Crippen LogP contribution in [0.2, 0.25) is 0 Å². The van der Waals surface area contributed by atoms with Gasteiger partial charge in [-0.05, 0) is 71.1 Å². The highest BCUT2D eigenvalue weighted by Crippen LogP contribution is 2.25. The molecule has 1 atom stereocenters. The Bertz CT molecular complexity index is 984. The van der Waals surface area contributed by atoms with E-state index >= 15 is 0 Å². The summed E-state index contributed by atoms with van der Waals surface area (Å²) in [6.45, 7) is 4.09. The summed E-state index contributed by atoms with van der Waals surface area (Å²) >= 11 is 2.20. The molecule has 1 fully saturated rings. The number of benzene rings is 2. The minimum Gasteiger partial charge on any atom is -0.497 e. The molecule has 0 bridgehead atoms. The van der Waals surface area contributed by atoms with Crippen molar-refractivity contribution in [3.05, 3.63) is 81.8 Å². The zero-order valence-electron chi connectivity index (χ0n) is 17.5. The van der Waals surface area contributed by atoms with Gasteiger partial charge in [-0.1, -0.05) is 12.1 Å². The fourth-order valence-corrected chi connectivity index (χ4v) is 4.54. The normalized spacial score (nSPS) is 15.5. The van der Waals surface area contributed by atoms with Crippen LogP contribution in [0.25, 0.3) is 0 Å². The van der Waals surface area contributed by atoms with Gasteiger partial charge < -0.3 is 19.4 Å². The van der Waals surface area contributed by atoms with E-state index in [-0.39, 0.29) is 11.9 Å². The van der Waals surface area contributed by atoms with Gasteiger partial charge in [-0.15, -0.1) is 0 Å². The van der Waals surface area contributed by atoms with Gasteiger partial charge in [-0.25, -0.2) is 0 Å². The Kier molecular flexibility index (Phi) is 7.14. The average Bonchev–Trinajstić information content (AvgIpc) is 3.34. The maximum atomic E-state index is 12.7. The highest BCUT2D eigenvalue weighted by molar-refractivity contribution is 14.1. The van der Waals surface area contributed by atoms with E-state index in [4.69, 9.17) is 9.15 Å². The van der Waals surface area contributed by atoms with Crippen LogP contribution in [0, 0.1) is 3.57 Å². The maximum Gasteiger partial charge on any atom is 0.252 e. The molecule has 2 aromatic carbocycles. The maximum absolute atomic E-state index is 12.7. The number of halogens is 1. The summed E-state index contributed by atoms with van der Waals surface area (Å²) in [5.74, 6) is 1.68. The predicted octanol–water partition coefficient (Wildman–Crippen LogP) is 4.19. The van der Waals surface area contributed by atoms with Crippen LogP contribution in [-0.2, 0) is 0 Å². The molecule has 162 valence electrons. The second kappa shape index (κ2) is 10.2. The van der Waals surface area contributed by atoms with Crippen molar-refractivity contribution in [3.8, 4) is 5.75 Å². The van der Waals surface area contributed by atoms with Gasteiger partial charge in [-0.2, -0.15) is 0 Å². The standard InChI is InChI=1S/C24H26IN3O3/c1-30-19-10-8-18(9-11-19)27-12-14-28(15-13-27)22(23-7-4-16-31-23)17-26-24(29)20-5-2-3-6-21(20)25/h2-11,16,22H,12-15,17H2,1H3,(H,26,29). The van der Waals surface area contributed by atoms with Gasteiger partial charge in [0.05, 0.1) is 25.0 Å². The Morgan fingerprint density at radius 1 is 1.06 bits per heavy atom. The van der Waals surface area contributed by atoms with Gasteiger partial charge >= 0.3 is 0 Å².